The van der Waals surface area contributed by atoms with Crippen molar-refractivity contribution in [2.75, 3.05) is 10.6 Å². The summed E-state index contributed by atoms with van der Waals surface area (Å²) in [5.74, 6) is -1.56. The molecule has 0 aliphatic heterocycles. The van der Waals surface area contributed by atoms with Crippen molar-refractivity contribution in [1.29, 1.82) is 5.26 Å². The first kappa shape index (κ1) is 18.1. The lowest BCUT2D eigenvalue weighted by atomic mass is 10.1. The van der Waals surface area contributed by atoms with Gasteiger partial charge in [0.05, 0.1) is 15.7 Å². The summed E-state index contributed by atoms with van der Waals surface area (Å²) >= 11 is 1.00. The Balaban J connectivity index is 1.78. The van der Waals surface area contributed by atoms with Gasteiger partial charge in [-0.05, 0) is 24.6 Å². The van der Waals surface area contributed by atoms with E-state index in [2.05, 4.69) is 20.4 Å². The van der Waals surface area contributed by atoms with E-state index in [0.29, 0.717) is 16.1 Å². The first-order valence-corrected chi connectivity index (χ1v) is 8.52. The number of hydrogen-bond donors (Lipinski definition) is 2. The second-order valence-electron chi connectivity index (χ2n) is 5.46. The van der Waals surface area contributed by atoms with Crippen LogP contribution in [0.1, 0.15) is 20.8 Å². The summed E-state index contributed by atoms with van der Waals surface area (Å²) in [5.41, 5.74) is 1.30. The minimum Gasteiger partial charge on any atom is -0.539 e. The monoisotopic (exact) mass is 383 g/mol. The summed E-state index contributed by atoms with van der Waals surface area (Å²) in [5, 5.41) is 29.3. The Kier molecular flexibility index (Phi) is 5.14. The third-order valence-electron chi connectivity index (χ3n) is 3.55. The number of anilines is 2. The standard InChI is InChI=1S/C17H13N5O4S/c1-10-12(7-18)17(20-13(23)8-22-9-14(24)26-21-22)27-15(10)16(25)19-11-5-3-2-4-6-11/h2-6,9H,8H2,1H3,(H2-,19,20,21,23,24,25). The number of nitrogens with zero attached hydrogens (tertiary/aromatic N) is 3. The Bertz CT molecular complexity index is 1040. The van der Waals surface area contributed by atoms with Crippen molar-refractivity contribution in [3.63, 3.8) is 0 Å². The van der Waals surface area contributed by atoms with Crippen LogP contribution in [0, 0.1) is 18.3 Å². The molecule has 0 aliphatic rings. The molecule has 0 radical (unpaired) electrons. The van der Waals surface area contributed by atoms with Gasteiger partial charge in [-0.15, -0.1) is 11.3 Å². The topological polar surface area (TPSA) is 135 Å². The van der Waals surface area contributed by atoms with Gasteiger partial charge in [-0.2, -0.15) is 5.26 Å². The maximum Gasteiger partial charge on any atom is 0.293 e. The normalized spacial score (nSPS) is 10.2. The lowest BCUT2D eigenvalue weighted by molar-refractivity contribution is -0.750. The highest BCUT2D eigenvalue weighted by Crippen LogP contribution is 2.33. The van der Waals surface area contributed by atoms with Crippen molar-refractivity contribution in [3.05, 3.63) is 52.5 Å². The number of carbonyl (C=O) groups excluding carboxylic acids is 2. The minimum absolute atomic E-state index is 0.209. The number of hydrogen-bond acceptors (Lipinski definition) is 7. The molecule has 0 saturated carbocycles. The lowest BCUT2D eigenvalue weighted by Crippen LogP contribution is -2.41. The van der Waals surface area contributed by atoms with Gasteiger partial charge in [-0.1, -0.05) is 22.9 Å². The second-order valence-corrected chi connectivity index (χ2v) is 6.48. The molecule has 2 heterocycles. The molecule has 0 unspecified atom stereocenters. The summed E-state index contributed by atoms with van der Waals surface area (Å²) in [4.78, 5) is 25.0. The van der Waals surface area contributed by atoms with Crippen LogP contribution in [0.25, 0.3) is 0 Å². The molecule has 9 nitrogen and oxygen atoms in total. The Morgan fingerprint density at radius 1 is 1.33 bits per heavy atom. The molecular weight excluding hydrogens is 370 g/mol. The van der Waals surface area contributed by atoms with Crippen LogP contribution in [0.4, 0.5) is 10.7 Å². The fourth-order valence-corrected chi connectivity index (χ4v) is 3.38. The molecule has 0 fully saturated rings. The first-order chi connectivity index (χ1) is 13.0. The fraction of sp³-hybridized carbons (Fsp3) is 0.118. The molecular formula is C17H13N5O4S. The largest absolute Gasteiger partial charge is 0.539 e. The number of aromatic nitrogens is 2. The van der Waals surface area contributed by atoms with E-state index in [0.717, 1.165) is 22.2 Å². The molecule has 0 saturated heterocycles. The van der Waals surface area contributed by atoms with Gasteiger partial charge in [-0.25, -0.2) is 0 Å². The molecule has 136 valence electrons. The van der Waals surface area contributed by atoms with Crippen LogP contribution in [0.5, 0.6) is 5.95 Å². The zero-order valence-electron chi connectivity index (χ0n) is 14.1. The molecule has 27 heavy (non-hydrogen) atoms. The van der Waals surface area contributed by atoms with Gasteiger partial charge in [-0.3, -0.25) is 9.59 Å². The van der Waals surface area contributed by atoms with Gasteiger partial charge >= 0.3 is 0 Å². The van der Waals surface area contributed by atoms with E-state index >= 15 is 0 Å². The highest BCUT2D eigenvalue weighted by atomic mass is 32.1. The zero-order chi connectivity index (χ0) is 19.4. The Morgan fingerprint density at radius 2 is 2.07 bits per heavy atom. The number of carbonyl (C=O) groups is 2. The average molecular weight is 383 g/mol. The summed E-state index contributed by atoms with van der Waals surface area (Å²) in [6.45, 7) is 1.37. The summed E-state index contributed by atoms with van der Waals surface area (Å²) in [7, 11) is 0. The van der Waals surface area contributed by atoms with E-state index in [9.17, 15) is 20.0 Å². The Morgan fingerprint density at radius 3 is 2.70 bits per heavy atom. The van der Waals surface area contributed by atoms with Crippen molar-refractivity contribution < 1.29 is 23.9 Å². The molecule has 0 spiro atoms. The van der Waals surface area contributed by atoms with E-state index in [1.165, 1.54) is 0 Å². The maximum absolute atomic E-state index is 12.5. The first-order valence-electron chi connectivity index (χ1n) is 7.71. The number of amides is 2. The van der Waals surface area contributed by atoms with Crippen molar-refractivity contribution >= 4 is 33.8 Å². The van der Waals surface area contributed by atoms with Crippen LogP contribution in [0.15, 0.2) is 41.1 Å². The van der Waals surface area contributed by atoms with Crippen LogP contribution in [-0.4, -0.2) is 17.1 Å². The SMILES string of the molecule is Cc1c(C(=O)Nc2ccccc2)sc(NC(=O)C[n+]2cc([O-])on2)c1C#N. The predicted molar refractivity (Wildman–Crippen MR) is 92.9 cm³/mol. The van der Waals surface area contributed by atoms with E-state index in [4.69, 9.17) is 0 Å². The number of nitriles is 1. The van der Waals surface area contributed by atoms with Crippen LogP contribution in [0.3, 0.4) is 0 Å². The molecule has 10 heteroatoms. The van der Waals surface area contributed by atoms with Crippen LogP contribution in [-0.2, 0) is 11.3 Å². The highest BCUT2D eigenvalue weighted by molar-refractivity contribution is 7.18. The molecule has 3 rings (SSSR count). The Labute approximate surface area is 157 Å². The molecule has 2 aromatic heterocycles. The fourth-order valence-electron chi connectivity index (χ4n) is 2.31. The van der Waals surface area contributed by atoms with E-state index in [1.54, 1.807) is 31.2 Å². The number of rotatable bonds is 5. The van der Waals surface area contributed by atoms with Gasteiger partial charge in [0.15, 0.2) is 0 Å². The van der Waals surface area contributed by atoms with Crippen molar-refractivity contribution in [1.82, 2.24) is 5.27 Å². The summed E-state index contributed by atoms with van der Waals surface area (Å²) < 4.78 is 5.38. The number of para-hydroxylation sites is 1. The molecule has 3 aromatic rings. The summed E-state index contributed by atoms with van der Waals surface area (Å²) in [6, 6.07) is 10.9. The minimum atomic E-state index is -0.674. The van der Waals surface area contributed by atoms with Crippen molar-refractivity contribution in [3.8, 4) is 12.0 Å². The van der Waals surface area contributed by atoms with Gasteiger partial charge in [0.2, 0.25) is 6.20 Å². The van der Waals surface area contributed by atoms with E-state index in [-0.39, 0.29) is 23.0 Å². The lowest BCUT2D eigenvalue weighted by Gasteiger charge is -2.03. The van der Waals surface area contributed by atoms with Gasteiger partial charge in [0, 0.05) is 5.69 Å². The maximum atomic E-state index is 12.5. The van der Waals surface area contributed by atoms with Crippen LogP contribution < -0.4 is 20.4 Å². The van der Waals surface area contributed by atoms with Crippen LogP contribution in [0.2, 0.25) is 0 Å². The molecule has 0 aliphatic carbocycles. The van der Waals surface area contributed by atoms with Crippen LogP contribution >= 0.6 is 11.3 Å². The smallest absolute Gasteiger partial charge is 0.293 e. The second kappa shape index (κ2) is 7.67. The zero-order valence-corrected chi connectivity index (χ0v) is 14.9. The highest BCUT2D eigenvalue weighted by Gasteiger charge is 2.23. The molecule has 2 N–H and O–H groups in total. The third-order valence-corrected chi connectivity index (χ3v) is 4.75. The summed E-state index contributed by atoms with van der Waals surface area (Å²) in [6.07, 6.45) is 1.03. The van der Waals surface area contributed by atoms with Crippen molar-refractivity contribution in [2.24, 2.45) is 0 Å². The van der Waals surface area contributed by atoms with Gasteiger partial charge in [0.25, 0.3) is 18.4 Å². The van der Waals surface area contributed by atoms with E-state index in [1.807, 2.05) is 12.1 Å². The molecule has 2 amide bonds. The third kappa shape index (κ3) is 4.10. The predicted octanol–water partition coefficient (Wildman–Crippen LogP) is 1.17. The number of nitrogens with one attached hydrogen (secondary N) is 2. The number of thiophene rings is 1. The quantitative estimate of drug-likeness (QED) is 0.635. The number of benzene rings is 1. The van der Waals surface area contributed by atoms with E-state index < -0.39 is 11.9 Å². The molecule has 0 bridgehead atoms. The van der Waals surface area contributed by atoms with Crippen molar-refractivity contribution in [2.45, 2.75) is 13.5 Å². The Hall–Kier alpha value is -3.71. The average Bonchev–Trinajstić information content (AvgIpc) is 3.18. The van der Waals surface area contributed by atoms with Gasteiger partial charge in [0.1, 0.15) is 17.0 Å². The molecule has 1 aromatic carbocycles. The molecule has 0 atom stereocenters. The van der Waals surface area contributed by atoms with Gasteiger partial charge < -0.3 is 20.3 Å².